The van der Waals surface area contributed by atoms with E-state index in [-0.39, 0.29) is 12.2 Å². The van der Waals surface area contributed by atoms with Crippen LogP contribution in [-0.2, 0) is 4.79 Å². The van der Waals surface area contributed by atoms with E-state index in [1.54, 1.807) is 18.2 Å². The Morgan fingerprint density at radius 1 is 1.50 bits per heavy atom. The maximum atomic E-state index is 10.2. The molecule has 0 bridgehead atoms. The Morgan fingerprint density at radius 2 is 2.21 bits per heavy atom. The predicted octanol–water partition coefficient (Wildman–Crippen LogP) is 2.19. The molecule has 0 radical (unpaired) electrons. The van der Waals surface area contributed by atoms with Crippen LogP contribution in [0.4, 0.5) is 0 Å². The van der Waals surface area contributed by atoms with Crippen LogP contribution in [0.5, 0.6) is 5.75 Å². The van der Waals surface area contributed by atoms with Crippen LogP contribution in [0.3, 0.4) is 0 Å². The third-order valence-electron chi connectivity index (χ3n) is 1.78. The van der Waals surface area contributed by atoms with Crippen molar-refractivity contribution in [1.82, 2.24) is 0 Å². The molecule has 0 saturated heterocycles. The average molecular weight is 192 g/mol. The molecule has 74 valence electrons. The lowest BCUT2D eigenvalue weighted by molar-refractivity contribution is -0.135. The van der Waals surface area contributed by atoms with E-state index in [1.807, 2.05) is 13.0 Å². The zero-order valence-electron chi connectivity index (χ0n) is 7.90. The third kappa shape index (κ3) is 2.94. The molecule has 1 aromatic carbocycles. The number of carboxylic acids is 1. The number of aliphatic carboxylic acids is 1. The van der Waals surface area contributed by atoms with E-state index >= 15 is 0 Å². The first-order valence-electron chi connectivity index (χ1n) is 4.27. The largest absolute Gasteiger partial charge is 0.507 e. The minimum atomic E-state index is -0.882. The molecule has 0 unspecified atom stereocenters. The first kappa shape index (κ1) is 10.3. The molecule has 0 aliphatic carbocycles. The number of aryl methyl sites for hydroxylation is 1. The lowest BCUT2D eigenvalue weighted by Crippen LogP contribution is -1.89. The fourth-order valence-electron chi connectivity index (χ4n) is 1.08. The summed E-state index contributed by atoms with van der Waals surface area (Å²) in [4.78, 5) is 10.2. The average Bonchev–Trinajstić information content (AvgIpc) is 2.08. The lowest BCUT2D eigenvalue weighted by atomic mass is 10.1. The molecule has 1 aromatic rings. The first-order valence-corrected chi connectivity index (χ1v) is 4.27. The van der Waals surface area contributed by atoms with E-state index < -0.39 is 5.97 Å². The van der Waals surface area contributed by atoms with Crippen LogP contribution >= 0.6 is 0 Å². The van der Waals surface area contributed by atoms with Gasteiger partial charge in [0.25, 0.3) is 0 Å². The molecule has 3 nitrogen and oxygen atoms in total. The zero-order chi connectivity index (χ0) is 10.6. The van der Waals surface area contributed by atoms with Gasteiger partial charge in [-0.25, -0.2) is 0 Å². The van der Waals surface area contributed by atoms with Gasteiger partial charge in [-0.05, 0) is 18.6 Å². The van der Waals surface area contributed by atoms with Crippen LogP contribution in [0.25, 0.3) is 6.08 Å². The van der Waals surface area contributed by atoms with Gasteiger partial charge >= 0.3 is 5.97 Å². The van der Waals surface area contributed by atoms with Gasteiger partial charge in [0.2, 0.25) is 0 Å². The molecule has 0 spiro atoms. The molecule has 0 aliphatic heterocycles. The summed E-state index contributed by atoms with van der Waals surface area (Å²) in [6, 6.07) is 5.25. The fourth-order valence-corrected chi connectivity index (χ4v) is 1.08. The number of aromatic hydroxyl groups is 1. The van der Waals surface area contributed by atoms with Crippen molar-refractivity contribution in [2.45, 2.75) is 13.3 Å². The van der Waals surface area contributed by atoms with Gasteiger partial charge in [-0.2, -0.15) is 0 Å². The van der Waals surface area contributed by atoms with Crippen molar-refractivity contribution in [2.75, 3.05) is 0 Å². The molecule has 0 aromatic heterocycles. The summed E-state index contributed by atoms with van der Waals surface area (Å²) in [6.07, 6.45) is 3.07. The molecule has 0 fully saturated rings. The summed E-state index contributed by atoms with van der Waals surface area (Å²) in [5, 5.41) is 17.8. The van der Waals surface area contributed by atoms with Gasteiger partial charge in [-0.1, -0.05) is 24.3 Å². The SMILES string of the molecule is Cc1ccc(C=CCC(=O)O)c(O)c1. The van der Waals surface area contributed by atoms with E-state index in [4.69, 9.17) is 5.11 Å². The van der Waals surface area contributed by atoms with Crippen molar-refractivity contribution in [2.24, 2.45) is 0 Å². The minimum Gasteiger partial charge on any atom is -0.507 e. The van der Waals surface area contributed by atoms with E-state index in [0.717, 1.165) is 5.56 Å². The van der Waals surface area contributed by atoms with E-state index in [1.165, 1.54) is 6.08 Å². The molecule has 0 heterocycles. The first-order chi connectivity index (χ1) is 6.59. The molecular weight excluding hydrogens is 180 g/mol. The number of carboxylic acid groups (broad SMARTS) is 1. The lowest BCUT2D eigenvalue weighted by Gasteiger charge is -1.99. The van der Waals surface area contributed by atoms with Gasteiger partial charge in [0.15, 0.2) is 0 Å². The summed E-state index contributed by atoms with van der Waals surface area (Å²) < 4.78 is 0. The highest BCUT2D eigenvalue weighted by Crippen LogP contribution is 2.19. The highest BCUT2D eigenvalue weighted by molar-refractivity contribution is 5.71. The number of hydrogen-bond donors (Lipinski definition) is 2. The number of phenolic OH excluding ortho intramolecular Hbond substituents is 1. The normalized spacial score (nSPS) is 10.6. The number of carbonyl (C=O) groups is 1. The van der Waals surface area contributed by atoms with Gasteiger partial charge in [-0.15, -0.1) is 0 Å². The topological polar surface area (TPSA) is 57.5 Å². The van der Waals surface area contributed by atoms with Gasteiger partial charge in [0, 0.05) is 5.56 Å². The molecule has 0 amide bonds. The standard InChI is InChI=1S/C11H12O3/c1-8-5-6-9(10(12)7-8)3-2-4-11(13)14/h2-3,5-7,12H,4H2,1H3,(H,13,14). The van der Waals surface area contributed by atoms with Crippen molar-refractivity contribution in [1.29, 1.82) is 0 Å². The Kier molecular flexibility index (Phi) is 3.29. The Hall–Kier alpha value is -1.77. The maximum absolute atomic E-state index is 10.2. The molecular formula is C11H12O3. The monoisotopic (exact) mass is 192 g/mol. The quantitative estimate of drug-likeness (QED) is 0.771. The second kappa shape index (κ2) is 4.46. The molecule has 0 atom stereocenters. The van der Waals surface area contributed by atoms with Crippen molar-refractivity contribution in [3.63, 3.8) is 0 Å². The van der Waals surface area contributed by atoms with E-state index in [9.17, 15) is 9.90 Å². The summed E-state index contributed by atoms with van der Waals surface area (Å²) in [5.74, 6) is -0.709. The number of rotatable bonds is 3. The number of phenols is 1. The van der Waals surface area contributed by atoms with Gasteiger partial charge in [0.05, 0.1) is 6.42 Å². The molecule has 1 rings (SSSR count). The van der Waals surface area contributed by atoms with Gasteiger partial charge < -0.3 is 10.2 Å². The number of benzene rings is 1. The molecule has 0 saturated carbocycles. The summed E-state index contributed by atoms with van der Waals surface area (Å²) in [5.41, 5.74) is 1.61. The summed E-state index contributed by atoms with van der Waals surface area (Å²) in [6.45, 7) is 1.88. The van der Waals surface area contributed by atoms with Crippen LogP contribution < -0.4 is 0 Å². The van der Waals surface area contributed by atoms with Gasteiger partial charge in [0.1, 0.15) is 5.75 Å². The van der Waals surface area contributed by atoms with Crippen LogP contribution in [0.15, 0.2) is 24.3 Å². The molecule has 3 heteroatoms. The number of hydrogen-bond acceptors (Lipinski definition) is 2. The van der Waals surface area contributed by atoms with E-state index in [0.29, 0.717) is 5.56 Å². The Morgan fingerprint density at radius 3 is 2.79 bits per heavy atom. The second-order valence-electron chi connectivity index (χ2n) is 3.06. The Balaban J connectivity index is 2.76. The van der Waals surface area contributed by atoms with Crippen molar-refractivity contribution >= 4 is 12.0 Å². The summed E-state index contributed by atoms with van der Waals surface area (Å²) in [7, 11) is 0. The van der Waals surface area contributed by atoms with Crippen LogP contribution in [0.2, 0.25) is 0 Å². The fraction of sp³-hybridized carbons (Fsp3) is 0.182. The van der Waals surface area contributed by atoms with Crippen LogP contribution in [-0.4, -0.2) is 16.2 Å². The second-order valence-corrected chi connectivity index (χ2v) is 3.06. The maximum Gasteiger partial charge on any atom is 0.307 e. The van der Waals surface area contributed by atoms with E-state index in [2.05, 4.69) is 0 Å². The minimum absolute atomic E-state index is 0.0344. The smallest absolute Gasteiger partial charge is 0.307 e. The molecule has 2 N–H and O–H groups in total. The Labute approximate surface area is 82.3 Å². The van der Waals surface area contributed by atoms with Crippen LogP contribution in [0.1, 0.15) is 17.5 Å². The van der Waals surface area contributed by atoms with Crippen molar-refractivity contribution in [3.05, 3.63) is 35.4 Å². The van der Waals surface area contributed by atoms with Crippen LogP contribution in [0, 0.1) is 6.92 Å². The molecule has 14 heavy (non-hydrogen) atoms. The highest BCUT2D eigenvalue weighted by Gasteiger charge is 1.97. The Bertz CT molecular complexity index is 367. The van der Waals surface area contributed by atoms with Crippen molar-refractivity contribution < 1.29 is 15.0 Å². The highest BCUT2D eigenvalue weighted by atomic mass is 16.4. The van der Waals surface area contributed by atoms with Gasteiger partial charge in [-0.3, -0.25) is 4.79 Å². The molecule has 0 aliphatic rings. The summed E-state index contributed by atoms with van der Waals surface area (Å²) >= 11 is 0. The van der Waals surface area contributed by atoms with Crippen molar-refractivity contribution in [3.8, 4) is 5.75 Å². The third-order valence-corrected chi connectivity index (χ3v) is 1.78. The predicted molar refractivity (Wildman–Crippen MR) is 54.1 cm³/mol. The zero-order valence-corrected chi connectivity index (χ0v) is 7.90.